The van der Waals surface area contributed by atoms with Crippen LogP contribution in [0.2, 0.25) is 0 Å². The first-order chi connectivity index (χ1) is 24.3. The molecule has 0 aliphatic heterocycles. The van der Waals surface area contributed by atoms with Crippen molar-refractivity contribution in [1.29, 1.82) is 0 Å². The summed E-state index contributed by atoms with van der Waals surface area (Å²) in [6.45, 7) is 9.75. The van der Waals surface area contributed by atoms with Gasteiger partial charge in [0.1, 0.15) is 36.0 Å². The first kappa shape index (κ1) is 38.5. The van der Waals surface area contributed by atoms with E-state index in [1.807, 2.05) is 50.2 Å². The monoisotopic (exact) mass is 720 g/mol. The molecule has 6 rings (SSSR count). The highest BCUT2D eigenvalue weighted by Gasteiger charge is 2.16. The van der Waals surface area contributed by atoms with Gasteiger partial charge in [0.2, 0.25) is 11.8 Å². The molecule has 0 atom stereocenters. The summed E-state index contributed by atoms with van der Waals surface area (Å²) in [6, 6.07) is 16.1. The number of ether oxygens (including phenoxy) is 4. The van der Waals surface area contributed by atoms with Gasteiger partial charge in [0, 0.05) is 31.5 Å². The van der Waals surface area contributed by atoms with Gasteiger partial charge >= 0.3 is 11.6 Å². The van der Waals surface area contributed by atoms with Crippen LogP contribution in [0.3, 0.4) is 0 Å². The van der Waals surface area contributed by atoms with E-state index < -0.39 is 11.6 Å². The molecule has 0 saturated carbocycles. The average Bonchev–Trinajstić information content (AvgIpc) is 3.73. The molecule has 0 fully saturated rings. The molecule has 2 aromatic carbocycles. The maximum atomic E-state index is 8.29. The van der Waals surface area contributed by atoms with Gasteiger partial charge in [-0.25, -0.2) is 15.0 Å². The van der Waals surface area contributed by atoms with E-state index in [0.29, 0.717) is 25.0 Å². The summed E-state index contributed by atoms with van der Waals surface area (Å²) in [7, 11) is 3.21. The summed E-state index contributed by atoms with van der Waals surface area (Å²) in [5.41, 5.74) is 10.2. The summed E-state index contributed by atoms with van der Waals surface area (Å²) in [5, 5.41) is 0. The second-order valence-electron chi connectivity index (χ2n) is 10.9. The molecule has 0 aliphatic carbocycles. The van der Waals surface area contributed by atoms with Crippen molar-refractivity contribution in [3.8, 4) is 23.2 Å². The molecule has 6 aromatic rings. The molecule has 0 spiro atoms. The van der Waals surface area contributed by atoms with Crippen molar-refractivity contribution < 1.29 is 36.2 Å². The van der Waals surface area contributed by atoms with Crippen LogP contribution in [0.4, 0.5) is 0 Å². The third-order valence-corrected chi connectivity index (χ3v) is 7.96. The predicted octanol–water partition coefficient (Wildman–Crippen LogP) is 7.64. The number of oxazole rings is 2. The number of aromatic nitrogens is 4. The minimum Gasteiger partial charge on any atom is -0.435 e. The van der Waals surface area contributed by atoms with Crippen molar-refractivity contribution in [3.63, 3.8) is 0 Å². The van der Waals surface area contributed by atoms with Gasteiger partial charge in [0.05, 0.1) is 13.2 Å². The van der Waals surface area contributed by atoms with Crippen LogP contribution >= 0.6 is 11.8 Å². The number of nitrogens with zero attached hydrogens (tertiary/aromatic N) is 4. The SMILES string of the molecule is CCSc1cc(COCOC)cnc1-c1nc2cc(C)ccc2o1.CCc1cc(COCOC)cnc1-c1nc2cc(C)ccc2o1.O=S=O. The molecule has 0 aliphatic rings. The van der Waals surface area contributed by atoms with E-state index >= 15 is 0 Å². The van der Waals surface area contributed by atoms with Gasteiger partial charge < -0.3 is 27.8 Å². The highest BCUT2D eigenvalue weighted by atomic mass is 32.2. The minimum absolute atomic E-state index is 0.266. The molecule has 50 heavy (non-hydrogen) atoms. The summed E-state index contributed by atoms with van der Waals surface area (Å²) in [4.78, 5) is 19.3. The standard InChI is InChI=1S/C18H20N2O3S.C18H20N2O3.O2S/c1-4-24-16-8-13(10-22-11-21-3)9-19-17(16)18-20-14-7-12(2)5-6-15(14)23-18;1-4-14-8-13(10-22-11-21-3)9-19-17(14)18-20-15-7-12(2)5-6-16(15)23-18;1-3-2/h5-9H,4,10-11H2,1-3H3;5-9H,4,10-11H2,1-3H3;. The number of fused-ring (bicyclic) bond motifs is 2. The van der Waals surface area contributed by atoms with Crippen molar-refractivity contribution in [2.24, 2.45) is 0 Å². The lowest BCUT2D eigenvalue weighted by molar-refractivity contribution is -0.0392. The molecule has 12 nitrogen and oxygen atoms in total. The largest absolute Gasteiger partial charge is 0.435 e. The highest BCUT2D eigenvalue weighted by Crippen LogP contribution is 2.32. The fourth-order valence-electron chi connectivity index (χ4n) is 4.85. The maximum Gasteiger partial charge on any atom is 0.335 e. The smallest absolute Gasteiger partial charge is 0.335 e. The van der Waals surface area contributed by atoms with Crippen LogP contribution in [0.5, 0.6) is 0 Å². The third kappa shape index (κ3) is 10.6. The van der Waals surface area contributed by atoms with Gasteiger partial charge in [-0.1, -0.05) is 26.0 Å². The molecule has 4 heterocycles. The molecule has 14 heteroatoms. The number of aryl methyl sites for hydroxylation is 3. The Labute approximate surface area is 298 Å². The van der Waals surface area contributed by atoms with Gasteiger partial charge in [0.25, 0.3) is 0 Å². The van der Waals surface area contributed by atoms with Crippen molar-refractivity contribution in [1.82, 2.24) is 19.9 Å². The van der Waals surface area contributed by atoms with Crippen LogP contribution in [0.25, 0.3) is 45.4 Å². The first-order valence-electron chi connectivity index (χ1n) is 15.7. The van der Waals surface area contributed by atoms with Crippen LogP contribution in [0.15, 0.2) is 74.7 Å². The van der Waals surface area contributed by atoms with Gasteiger partial charge in [-0.15, -0.1) is 11.8 Å². The average molecular weight is 721 g/mol. The lowest BCUT2D eigenvalue weighted by Crippen LogP contribution is -2.00. The Morgan fingerprint density at radius 1 is 0.700 bits per heavy atom. The van der Waals surface area contributed by atoms with E-state index in [4.69, 9.17) is 36.2 Å². The zero-order valence-corrected chi connectivity index (χ0v) is 30.5. The van der Waals surface area contributed by atoms with Crippen molar-refractivity contribution in [2.75, 3.05) is 33.6 Å². The zero-order chi connectivity index (χ0) is 35.9. The molecular formula is C36H40N4O8S2. The van der Waals surface area contributed by atoms with E-state index in [0.717, 1.165) is 78.5 Å². The Hall–Kier alpha value is -4.31. The fourth-order valence-corrected chi connectivity index (χ4v) is 5.68. The lowest BCUT2D eigenvalue weighted by atomic mass is 10.1. The predicted molar refractivity (Wildman–Crippen MR) is 192 cm³/mol. The summed E-state index contributed by atoms with van der Waals surface area (Å²) in [5.74, 6) is 2.05. The number of rotatable bonds is 13. The van der Waals surface area contributed by atoms with Crippen LogP contribution in [-0.4, -0.2) is 61.9 Å². The molecule has 0 radical (unpaired) electrons. The Morgan fingerprint density at radius 3 is 1.70 bits per heavy atom. The molecular weight excluding hydrogens is 681 g/mol. The first-order valence-corrected chi connectivity index (χ1v) is 17.4. The van der Waals surface area contributed by atoms with Crippen LogP contribution < -0.4 is 0 Å². The molecule has 4 aromatic heterocycles. The van der Waals surface area contributed by atoms with Crippen LogP contribution in [-0.2, 0) is 50.2 Å². The zero-order valence-electron chi connectivity index (χ0n) is 28.9. The van der Waals surface area contributed by atoms with E-state index in [-0.39, 0.29) is 13.6 Å². The summed E-state index contributed by atoms with van der Waals surface area (Å²) < 4.78 is 48.9. The number of pyridine rings is 2. The van der Waals surface area contributed by atoms with E-state index in [9.17, 15) is 0 Å². The normalized spacial score (nSPS) is 10.8. The number of thioether (sulfide) groups is 1. The Morgan fingerprint density at radius 2 is 1.20 bits per heavy atom. The van der Waals surface area contributed by atoms with Crippen molar-refractivity contribution >= 4 is 45.5 Å². The van der Waals surface area contributed by atoms with Crippen molar-refractivity contribution in [3.05, 3.63) is 88.7 Å². The molecule has 0 amide bonds. The van der Waals surface area contributed by atoms with Gasteiger partial charge in [-0.05, 0) is 90.2 Å². The fraction of sp³-hybridized carbons (Fsp3) is 0.333. The van der Waals surface area contributed by atoms with Gasteiger partial charge in [-0.2, -0.15) is 8.42 Å². The molecule has 0 saturated heterocycles. The molecule has 264 valence electrons. The molecule has 0 N–H and O–H groups in total. The Kier molecular flexibility index (Phi) is 15.2. The van der Waals surface area contributed by atoms with Crippen LogP contribution in [0, 0.1) is 13.8 Å². The van der Waals surface area contributed by atoms with E-state index in [1.54, 1.807) is 38.4 Å². The molecule has 0 bridgehead atoms. The lowest BCUT2D eigenvalue weighted by Gasteiger charge is -2.08. The van der Waals surface area contributed by atoms with Crippen molar-refractivity contribution in [2.45, 2.75) is 52.2 Å². The Bertz CT molecular complexity index is 2030. The highest BCUT2D eigenvalue weighted by molar-refractivity contribution is 7.99. The maximum absolute atomic E-state index is 8.29. The summed E-state index contributed by atoms with van der Waals surface area (Å²) >= 11 is 0.964. The van der Waals surface area contributed by atoms with E-state index in [2.05, 4.69) is 45.9 Å². The number of hydrogen-bond donors (Lipinski definition) is 0. The second-order valence-corrected chi connectivity index (χ2v) is 12.3. The van der Waals surface area contributed by atoms with Gasteiger partial charge in [-0.3, -0.25) is 4.98 Å². The number of methoxy groups -OCH3 is 2. The number of benzene rings is 2. The number of hydrogen-bond acceptors (Lipinski definition) is 13. The Balaban J connectivity index is 0.000000209. The minimum atomic E-state index is -0.750. The van der Waals surface area contributed by atoms with E-state index in [1.165, 1.54) is 0 Å². The third-order valence-electron chi connectivity index (χ3n) is 7.04. The van der Waals surface area contributed by atoms with Crippen LogP contribution in [0.1, 0.15) is 41.7 Å². The van der Waals surface area contributed by atoms with Gasteiger partial charge in [0.15, 0.2) is 11.2 Å². The second kappa shape index (κ2) is 19.8. The topological polar surface area (TPSA) is 149 Å². The summed E-state index contributed by atoms with van der Waals surface area (Å²) in [6.07, 6.45) is 4.44. The molecule has 0 unspecified atom stereocenters. The quantitative estimate of drug-likeness (QED) is 0.0654.